The molecular weight excluding hydrogens is 230 g/mol. The van der Waals surface area contributed by atoms with Gasteiger partial charge in [-0.25, -0.2) is 0 Å². The molecule has 94 valence electrons. The molecule has 0 unspecified atom stereocenters. The van der Waals surface area contributed by atoms with Crippen LogP contribution in [0.1, 0.15) is 23.1 Å². The summed E-state index contributed by atoms with van der Waals surface area (Å²) < 4.78 is 7.23. The van der Waals surface area contributed by atoms with Crippen LogP contribution in [0.4, 0.5) is 0 Å². The zero-order valence-electron chi connectivity index (χ0n) is 11.1. The summed E-state index contributed by atoms with van der Waals surface area (Å²) in [4.78, 5) is 13.8. The van der Waals surface area contributed by atoms with Crippen molar-refractivity contribution < 1.29 is 6.17 Å². The van der Waals surface area contributed by atoms with Crippen molar-refractivity contribution in [2.24, 2.45) is 0 Å². The SMILES string of the molecule is [2H]CN(C)Cc1ccc(C(=O)Cc2nn[nH]n2)cc1. The minimum absolute atomic E-state index is 0.0400. The minimum Gasteiger partial charge on any atom is -0.305 e. The van der Waals surface area contributed by atoms with Crippen LogP contribution in [0.5, 0.6) is 0 Å². The summed E-state index contributed by atoms with van der Waals surface area (Å²) in [6.45, 7) is 0.697. The number of rotatable bonds is 5. The van der Waals surface area contributed by atoms with E-state index in [0.717, 1.165) is 5.56 Å². The number of H-pyrrole nitrogens is 1. The van der Waals surface area contributed by atoms with Crippen molar-refractivity contribution in [1.29, 1.82) is 0 Å². The molecule has 1 aromatic heterocycles. The van der Waals surface area contributed by atoms with Crippen LogP contribution in [0, 0.1) is 0 Å². The van der Waals surface area contributed by atoms with E-state index < -0.39 is 0 Å². The molecule has 18 heavy (non-hydrogen) atoms. The summed E-state index contributed by atoms with van der Waals surface area (Å²) in [7, 11) is 2.13. The van der Waals surface area contributed by atoms with Gasteiger partial charge in [-0.1, -0.05) is 29.5 Å². The summed E-state index contributed by atoms with van der Waals surface area (Å²) in [5.41, 5.74) is 1.70. The number of nitrogens with one attached hydrogen (secondary N) is 1. The van der Waals surface area contributed by atoms with Gasteiger partial charge in [0.25, 0.3) is 0 Å². The van der Waals surface area contributed by atoms with E-state index in [4.69, 9.17) is 1.37 Å². The van der Waals surface area contributed by atoms with Gasteiger partial charge < -0.3 is 4.90 Å². The highest BCUT2D eigenvalue weighted by molar-refractivity contribution is 5.97. The highest BCUT2D eigenvalue weighted by Gasteiger charge is 2.10. The molecule has 0 saturated carbocycles. The highest BCUT2D eigenvalue weighted by Crippen LogP contribution is 2.08. The Hall–Kier alpha value is -2.08. The third-order valence-corrected chi connectivity index (χ3v) is 2.44. The molecule has 0 fully saturated rings. The molecule has 0 aliphatic heterocycles. The summed E-state index contributed by atoms with van der Waals surface area (Å²) >= 11 is 0. The van der Waals surface area contributed by atoms with Crippen molar-refractivity contribution in [2.75, 3.05) is 14.1 Å². The first-order valence-corrected chi connectivity index (χ1v) is 5.51. The first-order valence-electron chi connectivity index (χ1n) is 6.22. The lowest BCUT2D eigenvalue weighted by Gasteiger charge is -2.09. The minimum atomic E-state index is -0.0400. The highest BCUT2D eigenvalue weighted by atomic mass is 16.1. The van der Waals surface area contributed by atoms with Crippen LogP contribution in [0.15, 0.2) is 24.3 Å². The lowest BCUT2D eigenvalue weighted by Crippen LogP contribution is -2.11. The number of tetrazole rings is 1. The summed E-state index contributed by atoms with van der Waals surface area (Å²) in [5, 5.41) is 13.2. The number of nitrogens with zero attached hydrogens (tertiary/aromatic N) is 4. The molecule has 1 N–H and O–H groups in total. The van der Waals surface area contributed by atoms with Gasteiger partial charge in [0.1, 0.15) is 0 Å². The fourth-order valence-electron chi connectivity index (χ4n) is 1.61. The normalized spacial score (nSPS) is 11.6. The second-order valence-corrected chi connectivity index (χ2v) is 4.14. The predicted octanol–water partition coefficient (Wildman–Crippen LogP) is 0.687. The smallest absolute Gasteiger partial charge is 0.182 e. The van der Waals surface area contributed by atoms with Crippen LogP contribution in [-0.2, 0) is 13.0 Å². The van der Waals surface area contributed by atoms with Crippen molar-refractivity contribution in [1.82, 2.24) is 25.5 Å². The number of carbonyl (C=O) groups excluding carboxylic acids is 1. The number of aromatic amines is 1. The van der Waals surface area contributed by atoms with E-state index in [1.54, 1.807) is 12.1 Å². The third-order valence-electron chi connectivity index (χ3n) is 2.44. The van der Waals surface area contributed by atoms with Gasteiger partial charge >= 0.3 is 0 Å². The largest absolute Gasteiger partial charge is 0.305 e. The molecule has 6 nitrogen and oxygen atoms in total. The lowest BCUT2D eigenvalue weighted by atomic mass is 10.1. The van der Waals surface area contributed by atoms with Crippen LogP contribution < -0.4 is 0 Å². The molecule has 0 amide bonds. The number of benzene rings is 1. The van der Waals surface area contributed by atoms with Crippen molar-refractivity contribution >= 4 is 5.78 Å². The second kappa shape index (κ2) is 5.50. The zero-order valence-corrected chi connectivity index (χ0v) is 10.1. The van der Waals surface area contributed by atoms with E-state index in [9.17, 15) is 4.79 Å². The molecule has 0 radical (unpaired) electrons. The Bertz CT molecular complexity index is 526. The van der Waals surface area contributed by atoms with Gasteiger partial charge in [0.2, 0.25) is 0 Å². The quantitative estimate of drug-likeness (QED) is 0.785. The molecule has 1 aromatic carbocycles. The zero-order chi connectivity index (χ0) is 13.7. The fourth-order valence-corrected chi connectivity index (χ4v) is 1.61. The molecule has 0 bridgehead atoms. The van der Waals surface area contributed by atoms with E-state index in [-0.39, 0.29) is 19.2 Å². The molecule has 0 atom stereocenters. The van der Waals surface area contributed by atoms with Crippen LogP contribution >= 0.6 is 0 Å². The van der Waals surface area contributed by atoms with Gasteiger partial charge in [0.05, 0.1) is 6.42 Å². The van der Waals surface area contributed by atoms with E-state index >= 15 is 0 Å². The number of aromatic nitrogens is 4. The van der Waals surface area contributed by atoms with E-state index in [2.05, 4.69) is 20.6 Å². The molecule has 6 heteroatoms. The summed E-state index contributed by atoms with van der Waals surface area (Å²) in [5.74, 6) is 0.352. The Morgan fingerprint density at radius 1 is 1.44 bits per heavy atom. The van der Waals surface area contributed by atoms with Crippen LogP contribution in [0.2, 0.25) is 0 Å². The van der Waals surface area contributed by atoms with Crippen molar-refractivity contribution in [2.45, 2.75) is 13.0 Å². The number of ketones is 1. The molecular formula is C12H15N5O. The van der Waals surface area contributed by atoms with Gasteiger partial charge in [-0.3, -0.25) is 4.79 Å². The fraction of sp³-hybridized carbons (Fsp3) is 0.333. The number of hydrogen-bond acceptors (Lipinski definition) is 5. The molecule has 0 spiro atoms. The molecule has 0 saturated heterocycles. The Kier molecular flexibility index (Phi) is 3.37. The maximum Gasteiger partial charge on any atom is 0.182 e. The second-order valence-electron chi connectivity index (χ2n) is 4.14. The molecule has 0 aliphatic rings. The van der Waals surface area contributed by atoms with Gasteiger partial charge in [-0.05, 0) is 19.6 Å². The van der Waals surface area contributed by atoms with Crippen LogP contribution in [-0.4, -0.2) is 45.4 Å². The Labute approximate surface area is 106 Å². The van der Waals surface area contributed by atoms with Gasteiger partial charge in [0, 0.05) is 13.5 Å². The van der Waals surface area contributed by atoms with Crippen LogP contribution in [0.25, 0.3) is 0 Å². The number of hydrogen-bond donors (Lipinski definition) is 1. The van der Waals surface area contributed by atoms with Gasteiger partial charge in [-0.15, -0.1) is 10.2 Å². The topological polar surface area (TPSA) is 74.8 Å². The van der Waals surface area contributed by atoms with E-state index in [1.165, 1.54) is 0 Å². The molecule has 2 rings (SSSR count). The Balaban J connectivity index is 1.99. The molecule has 0 aliphatic carbocycles. The van der Waals surface area contributed by atoms with Crippen molar-refractivity contribution in [3.8, 4) is 0 Å². The summed E-state index contributed by atoms with van der Waals surface area (Å²) in [6, 6.07) is 7.37. The average Bonchev–Trinajstić information content (AvgIpc) is 2.92. The van der Waals surface area contributed by atoms with Crippen molar-refractivity contribution in [3.63, 3.8) is 0 Å². The molecule has 2 aromatic rings. The first kappa shape index (κ1) is 11.0. The Morgan fingerprint density at radius 3 is 2.83 bits per heavy atom. The summed E-state index contributed by atoms with van der Waals surface area (Å²) in [6.07, 6.45) is 0.141. The Morgan fingerprint density at radius 2 is 2.22 bits per heavy atom. The average molecular weight is 246 g/mol. The molecule has 1 heterocycles. The van der Waals surface area contributed by atoms with E-state index in [0.29, 0.717) is 17.9 Å². The number of carbonyl (C=O) groups is 1. The predicted molar refractivity (Wildman–Crippen MR) is 66.0 cm³/mol. The lowest BCUT2D eigenvalue weighted by molar-refractivity contribution is 0.0991. The van der Waals surface area contributed by atoms with E-state index in [1.807, 2.05) is 24.1 Å². The number of Topliss-reactive ketones (excluding diaryl/α,β-unsaturated/α-hetero) is 1. The standard InChI is InChI=1S/C12H15N5O/c1-17(2)8-9-3-5-10(6-4-9)11(18)7-12-13-15-16-14-12/h3-6H,7-8H2,1-2H3,(H,13,14,15,16)/i1D. The van der Waals surface area contributed by atoms with Crippen LogP contribution in [0.3, 0.4) is 0 Å². The third kappa shape index (κ3) is 3.21. The maximum absolute atomic E-state index is 11.9. The first-order chi connectivity index (χ1) is 9.19. The monoisotopic (exact) mass is 246 g/mol. The van der Waals surface area contributed by atoms with Gasteiger partial charge in [-0.2, -0.15) is 5.21 Å². The van der Waals surface area contributed by atoms with Crippen molar-refractivity contribution in [3.05, 3.63) is 41.2 Å². The van der Waals surface area contributed by atoms with Gasteiger partial charge in [0.15, 0.2) is 11.6 Å². The maximum atomic E-state index is 11.9.